The van der Waals surface area contributed by atoms with Crippen LogP contribution in [0.5, 0.6) is 0 Å². The normalized spacial score (nSPS) is 30.5. The molecule has 2 aliphatic rings. The second-order valence-electron chi connectivity index (χ2n) is 6.48. The topological polar surface area (TPSA) is 18.5 Å². The number of hydrogen-bond donors (Lipinski definition) is 1. The molecule has 0 aromatic heterocycles. The zero-order chi connectivity index (χ0) is 13.7. The molecule has 0 spiro atoms. The fourth-order valence-corrected chi connectivity index (χ4v) is 3.88. The smallest absolute Gasteiger partial charge is 0.0224 e. The summed E-state index contributed by atoms with van der Waals surface area (Å²) in [5.41, 5.74) is 0. The van der Waals surface area contributed by atoms with Gasteiger partial charge in [-0.1, -0.05) is 20.3 Å². The predicted molar refractivity (Wildman–Crippen MR) is 82.6 cm³/mol. The molecule has 0 radical (unpaired) electrons. The molecular formula is C16H33N3. The van der Waals surface area contributed by atoms with Crippen molar-refractivity contribution in [1.82, 2.24) is 15.1 Å². The van der Waals surface area contributed by atoms with Crippen LogP contribution < -0.4 is 5.32 Å². The van der Waals surface area contributed by atoms with E-state index < -0.39 is 0 Å². The Morgan fingerprint density at radius 2 is 2.05 bits per heavy atom. The maximum atomic E-state index is 3.64. The lowest BCUT2D eigenvalue weighted by atomic mass is 10.0. The van der Waals surface area contributed by atoms with E-state index >= 15 is 0 Å². The number of fused-ring (bicyclic) bond motifs is 1. The van der Waals surface area contributed by atoms with Crippen molar-refractivity contribution < 1.29 is 0 Å². The number of rotatable bonds is 7. The van der Waals surface area contributed by atoms with Crippen molar-refractivity contribution in [2.45, 2.75) is 71.0 Å². The predicted octanol–water partition coefficient (Wildman–Crippen LogP) is 2.32. The van der Waals surface area contributed by atoms with E-state index in [1.165, 1.54) is 58.3 Å². The highest BCUT2D eigenvalue weighted by molar-refractivity contribution is 4.93. The van der Waals surface area contributed by atoms with Gasteiger partial charge in [0.25, 0.3) is 0 Å². The summed E-state index contributed by atoms with van der Waals surface area (Å²) in [6, 6.07) is 2.32. The number of nitrogens with zero attached hydrogens (tertiary/aromatic N) is 2. The largest absolute Gasteiger partial charge is 0.315 e. The zero-order valence-electron chi connectivity index (χ0n) is 13.2. The Bertz CT molecular complexity index is 256. The van der Waals surface area contributed by atoms with Crippen LogP contribution in [0.25, 0.3) is 0 Å². The first-order valence-electron chi connectivity index (χ1n) is 8.46. The quantitative estimate of drug-likeness (QED) is 0.714. The first-order valence-corrected chi connectivity index (χ1v) is 8.46. The lowest BCUT2D eigenvalue weighted by Gasteiger charge is -2.46. The molecule has 0 aromatic carbocycles. The third-order valence-electron chi connectivity index (χ3n) is 4.88. The van der Waals surface area contributed by atoms with Crippen LogP contribution in [-0.2, 0) is 0 Å². The van der Waals surface area contributed by atoms with Crippen LogP contribution in [0.15, 0.2) is 0 Å². The molecule has 2 rings (SSSR count). The molecule has 0 bridgehead atoms. The molecular weight excluding hydrogens is 234 g/mol. The molecule has 0 saturated carbocycles. The van der Waals surface area contributed by atoms with Crippen LogP contribution in [-0.4, -0.2) is 60.6 Å². The van der Waals surface area contributed by atoms with E-state index in [9.17, 15) is 0 Å². The van der Waals surface area contributed by atoms with E-state index in [1.54, 1.807) is 0 Å². The highest BCUT2D eigenvalue weighted by atomic mass is 15.3. The van der Waals surface area contributed by atoms with Crippen molar-refractivity contribution in [3.05, 3.63) is 0 Å². The van der Waals surface area contributed by atoms with E-state index in [-0.39, 0.29) is 0 Å². The van der Waals surface area contributed by atoms with Gasteiger partial charge >= 0.3 is 0 Å². The molecule has 3 nitrogen and oxygen atoms in total. The fourth-order valence-electron chi connectivity index (χ4n) is 3.88. The van der Waals surface area contributed by atoms with Crippen LogP contribution in [0.2, 0.25) is 0 Å². The van der Waals surface area contributed by atoms with E-state index in [4.69, 9.17) is 0 Å². The molecule has 0 aromatic rings. The molecule has 2 fully saturated rings. The van der Waals surface area contributed by atoms with Gasteiger partial charge in [-0.15, -0.1) is 0 Å². The average Bonchev–Trinajstić information content (AvgIpc) is 2.84. The number of hydrogen-bond acceptors (Lipinski definition) is 3. The number of nitrogens with one attached hydrogen (secondary N) is 1. The van der Waals surface area contributed by atoms with Crippen molar-refractivity contribution in [3.63, 3.8) is 0 Å². The first kappa shape index (κ1) is 15.3. The summed E-state index contributed by atoms with van der Waals surface area (Å²) < 4.78 is 0. The molecule has 1 N–H and O–H groups in total. The zero-order valence-corrected chi connectivity index (χ0v) is 13.2. The minimum Gasteiger partial charge on any atom is -0.315 e. The van der Waals surface area contributed by atoms with Gasteiger partial charge in [0.1, 0.15) is 0 Å². The highest BCUT2D eigenvalue weighted by Gasteiger charge is 2.36. The Morgan fingerprint density at radius 3 is 2.79 bits per heavy atom. The molecule has 0 aliphatic carbocycles. The standard InChI is InChI=1S/C16H33N3/c1-4-7-15(11-17-9-5-2)19-13-16-8-6-10-18(16)12-14(19)3/h14-17H,4-13H2,1-3H3. The van der Waals surface area contributed by atoms with E-state index in [0.29, 0.717) is 0 Å². The average molecular weight is 267 g/mol. The van der Waals surface area contributed by atoms with Crippen molar-refractivity contribution in [3.8, 4) is 0 Å². The van der Waals surface area contributed by atoms with Gasteiger partial charge in [-0.2, -0.15) is 0 Å². The van der Waals surface area contributed by atoms with Gasteiger partial charge in [0.15, 0.2) is 0 Å². The molecule has 2 heterocycles. The molecule has 19 heavy (non-hydrogen) atoms. The lowest BCUT2D eigenvalue weighted by molar-refractivity contribution is 0.0250. The summed E-state index contributed by atoms with van der Waals surface area (Å²) in [6.07, 6.45) is 6.72. The minimum absolute atomic E-state index is 0.731. The van der Waals surface area contributed by atoms with Gasteiger partial charge in [0.05, 0.1) is 0 Å². The molecule has 3 unspecified atom stereocenters. The first-order chi connectivity index (χ1) is 9.26. The third-order valence-corrected chi connectivity index (χ3v) is 4.88. The van der Waals surface area contributed by atoms with Crippen LogP contribution in [0.1, 0.15) is 52.9 Å². The monoisotopic (exact) mass is 267 g/mol. The van der Waals surface area contributed by atoms with Crippen LogP contribution in [0, 0.1) is 0 Å². The van der Waals surface area contributed by atoms with Crippen molar-refractivity contribution in [2.75, 3.05) is 32.7 Å². The van der Waals surface area contributed by atoms with Gasteiger partial charge in [-0.25, -0.2) is 0 Å². The van der Waals surface area contributed by atoms with E-state index in [2.05, 4.69) is 35.9 Å². The fraction of sp³-hybridized carbons (Fsp3) is 1.00. The molecule has 3 heteroatoms. The Labute approximate surface area is 119 Å². The lowest BCUT2D eigenvalue weighted by Crippen LogP contribution is -2.59. The summed E-state index contributed by atoms with van der Waals surface area (Å²) in [5, 5.41) is 3.64. The summed E-state index contributed by atoms with van der Waals surface area (Å²) in [7, 11) is 0. The second kappa shape index (κ2) is 7.61. The molecule has 3 atom stereocenters. The molecule has 112 valence electrons. The summed E-state index contributed by atoms with van der Waals surface area (Å²) in [5.74, 6) is 0. The molecule has 2 saturated heterocycles. The van der Waals surface area contributed by atoms with Gasteiger partial charge in [-0.05, 0) is 45.7 Å². The van der Waals surface area contributed by atoms with Crippen molar-refractivity contribution in [2.24, 2.45) is 0 Å². The summed E-state index contributed by atoms with van der Waals surface area (Å²) in [4.78, 5) is 5.53. The van der Waals surface area contributed by atoms with Crippen LogP contribution in [0.4, 0.5) is 0 Å². The van der Waals surface area contributed by atoms with Crippen molar-refractivity contribution in [1.29, 1.82) is 0 Å². The Hall–Kier alpha value is -0.120. The Morgan fingerprint density at radius 1 is 1.21 bits per heavy atom. The van der Waals surface area contributed by atoms with Gasteiger partial charge in [-0.3, -0.25) is 9.80 Å². The summed E-state index contributed by atoms with van der Waals surface area (Å²) >= 11 is 0. The Balaban J connectivity index is 1.90. The van der Waals surface area contributed by atoms with Gasteiger partial charge < -0.3 is 5.32 Å². The minimum atomic E-state index is 0.731. The van der Waals surface area contributed by atoms with Gasteiger partial charge in [0.2, 0.25) is 0 Å². The molecule has 2 aliphatic heterocycles. The third kappa shape index (κ3) is 3.93. The van der Waals surface area contributed by atoms with Crippen molar-refractivity contribution >= 4 is 0 Å². The van der Waals surface area contributed by atoms with E-state index in [0.717, 1.165) is 24.7 Å². The Kier molecular flexibility index (Phi) is 6.11. The highest BCUT2D eigenvalue weighted by Crippen LogP contribution is 2.26. The number of piperazine rings is 1. The van der Waals surface area contributed by atoms with Gasteiger partial charge in [0, 0.05) is 37.8 Å². The van der Waals surface area contributed by atoms with Crippen LogP contribution in [0.3, 0.4) is 0 Å². The maximum absolute atomic E-state index is 3.64. The SMILES string of the molecule is CCCNCC(CCC)N1CC2CCCN2CC1C. The maximum Gasteiger partial charge on any atom is 0.0224 e. The summed E-state index contributed by atoms with van der Waals surface area (Å²) in [6.45, 7) is 13.3. The second-order valence-corrected chi connectivity index (χ2v) is 6.48. The molecule has 0 amide bonds. The van der Waals surface area contributed by atoms with E-state index in [1.807, 2.05) is 0 Å². The van der Waals surface area contributed by atoms with Crippen LogP contribution >= 0.6 is 0 Å².